The van der Waals surface area contributed by atoms with E-state index in [0.717, 1.165) is 28.2 Å². The van der Waals surface area contributed by atoms with Crippen LogP contribution in [0.3, 0.4) is 0 Å². The molecule has 0 aliphatic carbocycles. The lowest BCUT2D eigenvalue weighted by Crippen LogP contribution is -2.33. The molecular formula is C32H33N6O3. The van der Waals surface area contributed by atoms with E-state index >= 15 is 0 Å². The summed E-state index contributed by atoms with van der Waals surface area (Å²) < 4.78 is 19.7. The molecule has 41 heavy (non-hydrogen) atoms. The van der Waals surface area contributed by atoms with Gasteiger partial charge >= 0.3 is 0 Å². The van der Waals surface area contributed by atoms with Crippen molar-refractivity contribution < 1.29 is 14.2 Å². The Balaban J connectivity index is 1.46. The Morgan fingerprint density at radius 1 is 0.805 bits per heavy atom. The number of methoxy groups -OCH3 is 2. The molecule has 2 heterocycles. The van der Waals surface area contributed by atoms with Crippen LogP contribution >= 0.6 is 0 Å². The summed E-state index contributed by atoms with van der Waals surface area (Å²) in [4.78, 5) is 19.5. The third-order valence-electron chi connectivity index (χ3n) is 6.71. The summed E-state index contributed by atoms with van der Waals surface area (Å²) in [5.41, 5.74) is 3.44. The second-order valence-corrected chi connectivity index (χ2v) is 9.58. The predicted molar refractivity (Wildman–Crippen MR) is 160 cm³/mol. The summed E-state index contributed by atoms with van der Waals surface area (Å²) in [6.07, 6.45) is 7.02. The van der Waals surface area contributed by atoms with Gasteiger partial charge in [0.05, 0.1) is 33.5 Å². The van der Waals surface area contributed by atoms with Crippen LogP contribution in [0.4, 0.5) is 5.82 Å². The molecule has 0 atom stereocenters. The molecular weight excluding hydrogens is 516 g/mol. The average molecular weight is 550 g/mol. The first-order chi connectivity index (χ1) is 20.0. The molecule has 9 heteroatoms. The van der Waals surface area contributed by atoms with Crippen molar-refractivity contribution in [3.63, 3.8) is 0 Å². The van der Waals surface area contributed by atoms with Crippen LogP contribution in [0.25, 0.3) is 11.2 Å². The molecule has 0 saturated heterocycles. The van der Waals surface area contributed by atoms with Crippen LogP contribution in [-0.4, -0.2) is 65.7 Å². The lowest BCUT2D eigenvalue weighted by Gasteiger charge is -2.36. The highest BCUT2D eigenvalue weighted by Crippen LogP contribution is 2.41. The van der Waals surface area contributed by atoms with E-state index in [1.807, 2.05) is 90.3 Å². The van der Waals surface area contributed by atoms with Gasteiger partial charge in [-0.1, -0.05) is 54.6 Å². The fourth-order valence-electron chi connectivity index (χ4n) is 4.72. The molecule has 0 spiro atoms. The molecule has 0 aliphatic rings. The predicted octanol–water partition coefficient (Wildman–Crippen LogP) is 5.28. The SMILES string of the molecule is COc1ccc(C(OC[CH]Cn2cnc3c(/N=C\N(C)C)ncnc32)(c2ccccc2)c2ccc(OC)cc2)cc1. The van der Waals surface area contributed by atoms with Crippen molar-refractivity contribution in [2.45, 2.75) is 12.1 Å². The van der Waals surface area contributed by atoms with Crippen molar-refractivity contribution in [3.8, 4) is 11.5 Å². The van der Waals surface area contributed by atoms with Crippen LogP contribution in [0, 0.1) is 6.42 Å². The normalized spacial score (nSPS) is 11.7. The molecule has 0 bridgehead atoms. The molecule has 2 aromatic heterocycles. The number of benzene rings is 3. The zero-order valence-corrected chi connectivity index (χ0v) is 23.6. The second kappa shape index (κ2) is 12.6. The van der Waals surface area contributed by atoms with Gasteiger partial charge in [0.1, 0.15) is 23.4 Å². The summed E-state index contributed by atoms with van der Waals surface area (Å²) >= 11 is 0. The molecule has 0 unspecified atom stereocenters. The number of ether oxygens (including phenoxy) is 3. The fourth-order valence-corrected chi connectivity index (χ4v) is 4.72. The number of rotatable bonds is 12. The van der Waals surface area contributed by atoms with Gasteiger partial charge in [-0.05, 0) is 41.0 Å². The van der Waals surface area contributed by atoms with Gasteiger partial charge in [-0.15, -0.1) is 0 Å². The minimum Gasteiger partial charge on any atom is -0.497 e. The van der Waals surface area contributed by atoms with E-state index < -0.39 is 5.60 Å². The highest BCUT2D eigenvalue weighted by Gasteiger charge is 2.37. The lowest BCUT2D eigenvalue weighted by molar-refractivity contribution is 0.0248. The Morgan fingerprint density at radius 3 is 2.00 bits per heavy atom. The highest BCUT2D eigenvalue weighted by molar-refractivity contribution is 5.82. The maximum Gasteiger partial charge on any atom is 0.184 e. The van der Waals surface area contributed by atoms with Crippen LogP contribution in [0.5, 0.6) is 11.5 Å². The van der Waals surface area contributed by atoms with E-state index in [0.29, 0.717) is 30.1 Å². The molecule has 0 aliphatic heterocycles. The first-order valence-corrected chi connectivity index (χ1v) is 13.2. The first kappa shape index (κ1) is 27.8. The van der Waals surface area contributed by atoms with Gasteiger partial charge in [0.15, 0.2) is 17.0 Å². The summed E-state index contributed by atoms with van der Waals surface area (Å²) in [5, 5.41) is 0. The highest BCUT2D eigenvalue weighted by atomic mass is 16.5. The van der Waals surface area contributed by atoms with Crippen molar-refractivity contribution in [2.75, 3.05) is 34.9 Å². The van der Waals surface area contributed by atoms with Crippen LogP contribution in [0.2, 0.25) is 0 Å². The van der Waals surface area contributed by atoms with E-state index in [2.05, 4.69) is 38.5 Å². The van der Waals surface area contributed by atoms with Gasteiger partial charge in [-0.25, -0.2) is 19.9 Å². The van der Waals surface area contributed by atoms with Crippen LogP contribution in [0.15, 0.2) is 96.5 Å². The minimum atomic E-state index is -0.885. The van der Waals surface area contributed by atoms with Crippen molar-refractivity contribution >= 4 is 23.3 Å². The van der Waals surface area contributed by atoms with Gasteiger partial charge in [0, 0.05) is 27.1 Å². The zero-order chi connectivity index (χ0) is 28.7. The van der Waals surface area contributed by atoms with Gasteiger partial charge < -0.3 is 23.7 Å². The minimum absolute atomic E-state index is 0.351. The molecule has 0 N–H and O–H groups in total. The van der Waals surface area contributed by atoms with Crippen molar-refractivity contribution in [1.29, 1.82) is 0 Å². The Hall–Kier alpha value is -4.76. The molecule has 0 saturated carbocycles. The molecule has 1 radical (unpaired) electrons. The number of hydrogen-bond donors (Lipinski definition) is 0. The monoisotopic (exact) mass is 549 g/mol. The molecule has 5 aromatic rings. The zero-order valence-electron chi connectivity index (χ0n) is 23.6. The Morgan fingerprint density at radius 2 is 1.41 bits per heavy atom. The molecule has 3 aromatic carbocycles. The summed E-state index contributed by atoms with van der Waals surface area (Å²) in [5.74, 6) is 2.08. The van der Waals surface area contributed by atoms with Gasteiger partial charge in [0.2, 0.25) is 0 Å². The number of fused-ring (bicyclic) bond motifs is 1. The van der Waals surface area contributed by atoms with Crippen LogP contribution in [0.1, 0.15) is 16.7 Å². The second-order valence-electron chi connectivity index (χ2n) is 9.58. The van der Waals surface area contributed by atoms with Crippen molar-refractivity contribution in [1.82, 2.24) is 24.4 Å². The number of aliphatic imine (C=N–C) groups is 1. The molecule has 5 rings (SSSR count). The van der Waals surface area contributed by atoms with E-state index in [-0.39, 0.29) is 0 Å². The third kappa shape index (κ3) is 5.90. The maximum absolute atomic E-state index is 6.90. The number of nitrogens with zero attached hydrogens (tertiary/aromatic N) is 6. The molecule has 0 amide bonds. The van der Waals surface area contributed by atoms with E-state index in [9.17, 15) is 0 Å². The third-order valence-corrected chi connectivity index (χ3v) is 6.71. The number of imidazole rings is 1. The molecule has 209 valence electrons. The molecule has 0 fully saturated rings. The summed E-state index contributed by atoms with van der Waals surface area (Å²) in [6.45, 7) is 0.893. The van der Waals surface area contributed by atoms with Crippen LogP contribution in [-0.2, 0) is 16.9 Å². The van der Waals surface area contributed by atoms with E-state index in [4.69, 9.17) is 14.2 Å². The van der Waals surface area contributed by atoms with Crippen molar-refractivity contribution in [2.24, 2.45) is 4.99 Å². The van der Waals surface area contributed by atoms with Gasteiger partial charge in [-0.2, -0.15) is 0 Å². The maximum atomic E-state index is 6.90. The van der Waals surface area contributed by atoms with E-state index in [1.54, 1.807) is 26.9 Å². The van der Waals surface area contributed by atoms with Crippen LogP contribution < -0.4 is 9.47 Å². The number of hydrogen-bond acceptors (Lipinski definition) is 7. The lowest BCUT2D eigenvalue weighted by atomic mass is 9.80. The topological polar surface area (TPSA) is 86.9 Å². The van der Waals surface area contributed by atoms with Crippen molar-refractivity contribution in [3.05, 3.63) is 115 Å². The van der Waals surface area contributed by atoms with E-state index in [1.165, 1.54) is 6.33 Å². The largest absolute Gasteiger partial charge is 0.497 e. The Bertz CT molecular complexity index is 1530. The molecule has 9 nitrogen and oxygen atoms in total. The summed E-state index contributed by atoms with van der Waals surface area (Å²) in [7, 11) is 7.14. The standard InChI is InChI=1S/C32H33N6O3/c1-37(2)22-36-30-29-31(34-21-33-30)38(23-35-29)19-8-20-41-32(24-9-6-5-7-10-24,25-11-15-27(39-3)16-12-25)26-13-17-28(40-4)18-14-26/h5-18,21-23H,19-20H2,1-4H3/b36-22-. The Labute approximate surface area is 240 Å². The first-order valence-electron chi connectivity index (χ1n) is 13.2. The van der Waals surface area contributed by atoms with Gasteiger partial charge in [-0.3, -0.25) is 0 Å². The summed E-state index contributed by atoms with van der Waals surface area (Å²) in [6, 6.07) is 26.2. The average Bonchev–Trinajstić information content (AvgIpc) is 3.44. The van der Waals surface area contributed by atoms with Gasteiger partial charge in [0.25, 0.3) is 0 Å². The Kier molecular flexibility index (Phi) is 8.55. The fraction of sp³-hybridized carbons (Fsp3) is 0.219. The quantitative estimate of drug-likeness (QED) is 0.0906. The smallest absolute Gasteiger partial charge is 0.184 e. The number of aromatic nitrogens is 4.